The predicted octanol–water partition coefficient (Wildman–Crippen LogP) is 2.49. The average molecular weight is 264 g/mol. The van der Waals surface area contributed by atoms with Crippen LogP contribution < -0.4 is 11.3 Å². The Bertz CT molecular complexity index is 725. The lowest BCUT2D eigenvalue weighted by atomic mass is 9.99. The summed E-state index contributed by atoms with van der Waals surface area (Å²) >= 11 is 0. The largest absolute Gasteiger partial charge is 0.271 e. The van der Waals surface area contributed by atoms with E-state index < -0.39 is 0 Å². The van der Waals surface area contributed by atoms with Crippen LogP contribution in [0.4, 0.5) is 0 Å². The predicted molar refractivity (Wildman–Crippen MR) is 79.9 cm³/mol. The van der Waals surface area contributed by atoms with Gasteiger partial charge >= 0.3 is 0 Å². The highest BCUT2D eigenvalue weighted by Gasteiger charge is 2.12. The molecule has 0 radical (unpaired) electrons. The molecular formula is C16H16N4. The number of hydrazine groups is 1. The van der Waals surface area contributed by atoms with Gasteiger partial charge in [-0.05, 0) is 42.3 Å². The van der Waals surface area contributed by atoms with Gasteiger partial charge in [-0.25, -0.2) is 5.43 Å². The van der Waals surface area contributed by atoms with E-state index in [0.717, 1.165) is 27.7 Å². The second kappa shape index (κ2) is 5.36. The van der Waals surface area contributed by atoms with Crippen molar-refractivity contribution in [2.45, 2.75) is 13.0 Å². The third-order valence-corrected chi connectivity index (χ3v) is 3.37. The molecule has 0 saturated carbocycles. The van der Waals surface area contributed by atoms with E-state index in [-0.39, 0.29) is 6.04 Å². The van der Waals surface area contributed by atoms with Crippen LogP contribution in [-0.4, -0.2) is 9.97 Å². The molecular weight excluding hydrogens is 248 g/mol. The van der Waals surface area contributed by atoms with Crippen LogP contribution in [0, 0.1) is 6.92 Å². The van der Waals surface area contributed by atoms with Crippen molar-refractivity contribution in [3.63, 3.8) is 0 Å². The molecule has 0 bridgehead atoms. The van der Waals surface area contributed by atoms with Crippen LogP contribution in [-0.2, 0) is 0 Å². The van der Waals surface area contributed by atoms with Gasteiger partial charge in [0, 0.05) is 23.5 Å². The number of hydrogen-bond donors (Lipinski definition) is 2. The number of pyridine rings is 2. The van der Waals surface area contributed by atoms with Crippen molar-refractivity contribution in [3.05, 3.63) is 71.7 Å². The van der Waals surface area contributed by atoms with Crippen molar-refractivity contribution in [1.82, 2.24) is 15.4 Å². The van der Waals surface area contributed by atoms with Crippen LogP contribution in [0.1, 0.15) is 22.9 Å². The minimum atomic E-state index is -0.0746. The van der Waals surface area contributed by atoms with Crippen molar-refractivity contribution in [3.8, 4) is 0 Å². The first kappa shape index (κ1) is 12.7. The van der Waals surface area contributed by atoms with Crippen LogP contribution in [0.3, 0.4) is 0 Å². The van der Waals surface area contributed by atoms with Crippen LogP contribution >= 0.6 is 0 Å². The summed E-state index contributed by atoms with van der Waals surface area (Å²) < 4.78 is 0. The molecule has 0 saturated heterocycles. The Morgan fingerprint density at radius 2 is 2.00 bits per heavy atom. The monoisotopic (exact) mass is 264 g/mol. The molecule has 0 aliphatic rings. The van der Waals surface area contributed by atoms with E-state index in [0.29, 0.717) is 0 Å². The summed E-state index contributed by atoms with van der Waals surface area (Å²) in [6.45, 7) is 1.99. The van der Waals surface area contributed by atoms with E-state index in [1.165, 1.54) is 0 Å². The summed E-state index contributed by atoms with van der Waals surface area (Å²) in [7, 11) is 0. The Labute approximate surface area is 117 Å². The molecule has 0 aliphatic carbocycles. The molecule has 0 aliphatic heterocycles. The molecule has 100 valence electrons. The van der Waals surface area contributed by atoms with Gasteiger partial charge in [-0.15, -0.1) is 0 Å². The van der Waals surface area contributed by atoms with Gasteiger partial charge in [0.15, 0.2) is 0 Å². The van der Waals surface area contributed by atoms with Crippen molar-refractivity contribution in [2.75, 3.05) is 0 Å². The van der Waals surface area contributed by atoms with E-state index in [1.807, 2.05) is 43.5 Å². The van der Waals surface area contributed by atoms with Crippen molar-refractivity contribution >= 4 is 10.9 Å². The molecule has 1 atom stereocenters. The SMILES string of the molecule is Cc1ccc2cc(C(NN)c3cccnc3)ccc2n1. The van der Waals surface area contributed by atoms with E-state index in [9.17, 15) is 0 Å². The molecule has 2 heterocycles. The molecule has 3 aromatic rings. The topological polar surface area (TPSA) is 63.8 Å². The molecule has 3 rings (SSSR count). The van der Waals surface area contributed by atoms with E-state index in [2.05, 4.69) is 27.5 Å². The minimum absolute atomic E-state index is 0.0746. The molecule has 20 heavy (non-hydrogen) atoms. The summed E-state index contributed by atoms with van der Waals surface area (Å²) in [5.74, 6) is 5.71. The van der Waals surface area contributed by atoms with Crippen molar-refractivity contribution in [1.29, 1.82) is 0 Å². The summed E-state index contributed by atoms with van der Waals surface area (Å²) in [6.07, 6.45) is 3.58. The lowest BCUT2D eigenvalue weighted by Gasteiger charge is -2.17. The van der Waals surface area contributed by atoms with Gasteiger partial charge in [0.25, 0.3) is 0 Å². The Morgan fingerprint density at radius 3 is 2.75 bits per heavy atom. The van der Waals surface area contributed by atoms with Crippen molar-refractivity contribution < 1.29 is 0 Å². The quantitative estimate of drug-likeness (QED) is 0.563. The fourth-order valence-electron chi connectivity index (χ4n) is 2.36. The second-order valence-corrected chi connectivity index (χ2v) is 4.79. The van der Waals surface area contributed by atoms with Crippen LogP contribution in [0.5, 0.6) is 0 Å². The van der Waals surface area contributed by atoms with Crippen molar-refractivity contribution in [2.24, 2.45) is 5.84 Å². The number of rotatable bonds is 3. The summed E-state index contributed by atoms with van der Waals surface area (Å²) in [5.41, 5.74) is 7.00. The number of nitrogens with two attached hydrogens (primary N) is 1. The Hall–Kier alpha value is -2.30. The third-order valence-electron chi connectivity index (χ3n) is 3.37. The van der Waals surface area contributed by atoms with Crippen LogP contribution in [0.25, 0.3) is 10.9 Å². The molecule has 0 spiro atoms. The van der Waals surface area contributed by atoms with E-state index in [4.69, 9.17) is 5.84 Å². The van der Waals surface area contributed by atoms with Crippen LogP contribution in [0.2, 0.25) is 0 Å². The number of aromatic nitrogens is 2. The molecule has 0 fully saturated rings. The fraction of sp³-hybridized carbons (Fsp3) is 0.125. The number of fused-ring (bicyclic) bond motifs is 1. The maximum absolute atomic E-state index is 5.71. The summed E-state index contributed by atoms with van der Waals surface area (Å²) in [4.78, 5) is 8.66. The molecule has 2 aromatic heterocycles. The molecule has 4 nitrogen and oxygen atoms in total. The maximum Gasteiger partial charge on any atom is 0.0725 e. The fourth-order valence-corrected chi connectivity index (χ4v) is 2.36. The molecule has 4 heteroatoms. The average Bonchev–Trinajstić information content (AvgIpc) is 2.49. The normalized spacial score (nSPS) is 12.5. The summed E-state index contributed by atoms with van der Waals surface area (Å²) in [6, 6.07) is 14.1. The first-order valence-electron chi connectivity index (χ1n) is 6.51. The van der Waals surface area contributed by atoms with Crippen LogP contribution in [0.15, 0.2) is 54.9 Å². The van der Waals surface area contributed by atoms with Gasteiger partial charge in [0.1, 0.15) is 0 Å². The summed E-state index contributed by atoms with van der Waals surface area (Å²) in [5, 5.41) is 1.11. The number of hydrogen-bond acceptors (Lipinski definition) is 4. The zero-order valence-corrected chi connectivity index (χ0v) is 11.2. The first-order chi connectivity index (χ1) is 9.78. The van der Waals surface area contributed by atoms with Gasteiger partial charge in [0.2, 0.25) is 0 Å². The van der Waals surface area contributed by atoms with Gasteiger partial charge in [-0.1, -0.05) is 18.2 Å². The molecule has 3 N–H and O–H groups in total. The minimum Gasteiger partial charge on any atom is -0.271 e. The van der Waals surface area contributed by atoms with Gasteiger partial charge < -0.3 is 0 Å². The lowest BCUT2D eigenvalue weighted by molar-refractivity contribution is 0.635. The smallest absolute Gasteiger partial charge is 0.0725 e. The van der Waals surface area contributed by atoms with Gasteiger partial charge in [-0.3, -0.25) is 15.8 Å². The Balaban J connectivity index is 2.06. The van der Waals surface area contributed by atoms with E-state index >= 15 is 0 Å². The highest BCUT2D eigenvalue weighted by Crippen LogP contribution is 2.24. The molecule has 1 unspecified atom stereocenters. The number of nitrogens with one attached hydrogen (secondary N) is 1. The second-order valence-electron chi connectivity index (χ2n) is 4.79. The Morgan fingerprint density at radius 1 is 1.10 bits per heavy atom. The van der Waals surface area contributed by atoms with Gasteiger partial charge in [-0.2, -0.15) is 0 Å². The van der Waals surface area contributed by atoms with E-state index in [1.54, 1.807) is 6.20 Å². The molecule has 1 aromatic carbocycles. The standard InChI is InChI=1S/C16H16N4/c1-11-4-5-12-9-13(6-7-15(12)19-11)16(20-17)14-3-2-8-18-10-14/h2-10,16,20H,17H2,1H3. The zero-order valence-electron chi connectivity index (χ0n) is 11.2. The molecule has 0 amide bonds. The number of nitrogens with zero attached hydrogens (tertiary/aromatic N) is 2. The highest BCUT2D eigenvalue weighted by molar-refractivity contribution is 5.79. The maximum atomic E-state index is 5.71. The lowest BCUT2D eigenvalue weighted by Crippen LogP contribution is -2.28. The van der Waals surface area contributed by atoms with Gasteiger partial charge in [0.05, 0.1) is 11.6 Å². The zero-order chi connectivity index (χ0) is 13.9. The number of benzene rings is 1. The Kier molecular flexibility index (Phi) is 3.41. The highest BCUT2D eigenvalue weighted by atomic mass is 15.2. The third kappa shape index (κ3) is 2.39. The number of aryl methyl sites for hydroxylation is 1. The first-order valence-corrected chi connectivity index (χ1v) is 6.51.